The van der Waals surface area contributed by atoms with Crippen LogP contribution in [0.25, 0.3) is 5.65 Å². The molecule has 3 rings (SSSR count). The summed E-state index contributed by atoms with van der Waals surface area (Å²) < 4.78 is 4.24. The molecule has 0 bridgehead atoms. The molecule has 0 aliphatic heterocycles. The van der Waals surface area contributed by atoms with Gasteiger partial charge in [-0.15, -0.1) is 0 Å². The number of aromatic nitrogens is 2. The SMILES string of the molecule is N#Cc1cccc(C[n+]2ccn3ccccc32)c1. The number of nitrogens with zero attached hydrogens (tertiary/aromatic N) is 3. The van der Waals surface area contributed by atoms with Gasteiger partial charge in [0.25, 0.3) is 5.65 Å². The van der Waals surface area contributed by atoms with Gasteiger partial charge in [0.1, 0.15) is 18.9 Å². The summed E-state index contributed by atoms with van der Waals surface area (Å²) in [4.78, 5) is 0. The monoisotopic (exact) mass is 234 g/mol. The Kier molecular flexibility index (Phi) is 2.54. The Bertz CT molecular complexity index is 735. The zero-order valence-corrected chi connectivity index (χ0v) is 9.82. The van der Waals surface area contributed by atoms with Crippen LogP contribution >= 0.6 is 0 Å². The van der Waals surface area contributed by atoms with Gasteiger partial charge >= 0.3 is 0 Å². The van der Waals surface area contributed by atoms with Crippen LogP contribution in [0.5, 0.6) is 0 Å². The van der Waals surface area contributed by atoms with Crippen molar-refractivity contribution in [2.45, 2.75) is 6.54 Å². The fraction of sp³-hybridized carbons (Fsp3) is 0.0667. The second kappa shape index (κ2) is 4.34. The molecule has 0 amide bonds. The molecule has 3 heteroatoms. The minimum Gasteiger partial charge on any atom is -0.226 e. The maximum absolute atomic E-state index is 8.90. The zero-order chi connectivity index (χ0) is 12.4. The molecule has 2 aromatic heterocycles. The van der Waals surface area contributed by atoms with Crippen molar-refractivity contribution < 1.29 is 4.57 Å². The van der Waals surface area contributed by atoms with E-state index < -0.39 is 0 Å². The van der Waals surface area contributed by atoms with Crippen LogP contribution in [-0.2, 0) is 6.54 Å². The third kappa shape index (κ3) is 1.85. The molecule has 0 saturated carbocycles. The van der Waals surface area contributed by atoms with Crippen LogP contribution in [0.4, 0.5) is 0 Å². The topological polar surface area (TPSA) is 32.1 Å². The number of rotatable bonds is 2. The van der Waals surface area contributed by atoms with E-state index in [0.717, 1.165) is 17.8 Å². The van der Waals surface area contributed by atoms with E-state index in [9.17, 15) is 0 Å². The van der Waals surface area contributed by atoms with Crippen LogP contribution in [0.15, 0.2) is 61.1 Å². The second-order valence-electron chi connectivity index (χ2n) is 4.20. The molecule has 0 fully saturated rings. The molecular formula is C15H12N3+. The maximum Gasteiger partial charge on any atom is 0.286 e. The van der Waals surface area contributed by atoms with Crippen LogP contribution in [0, 0.1) is 11.3 Å². The van der Waals surface area contributed by atoms with Crippen molar-refractivity contribution in [1.82, 2.24) is 4.40 Å². The smallest absolute Gasteiger partial charge is 0.226 e. The first kappa shape index (κ1) is 10.5. The highest BCUT2D eigenvalue weighted by Gasteiger charge is 2.08. The molecule has 0 aliphatic carbocycles. The second-order valence-corrected chi connectivity index (χ2v) is 4.20. The van der Waals surface area contributed by atoms with Crippen molar-refractivity contribution >= 4 is 5.65 Å². The van der Waals surface area contributed by atoms with Crippen molar-refractivity contribution in [3.8, 4) is 6.07 Å². The van der Waals surface area contributed by atoms with Crippen molar-refractivity contribution in [1.29, 1.82) is 5.26 Å². The summed E-state index contributed by atoms with van der Waals surface area (Å²) in [5.41, 5.74) is 2.98. The quantitative estimate of drug-likeness (QED) is 0.625. The number of benzene rings is 1. The summed E-state index contributed by atoms with van der Waals surface area (Å²) >= 11 is 0. The van der Waals surface area contributed by atoms with Crippen molar-refractivity contribution in [3.63, 3.8) is 0 Å². The van der Waals surface area contributed by atoms with Gasteiger partial charge in [0.2, 0.25) is 0 Å². The molecule has 3 aromatic rings. The van der Waals surface area contributed by atoms with Gasteiger partial charge in [0, 0.05) is 6.07 Å². The molecule has 0 unspecified atom stereocenters. The Morgan fingerprint density at radius 3 is 2.94 bits per heavy atom. The Labute approximate surface area is 105 Å². The van der Waals surface area contributed by atoms with E-state index in [1.54, 1.807) is 0 Å². The number of pyridine rings is 1. The van der Waals surface area contributed by atoms with E-state index in [4.69, 9.17) is 5.26 Å². The first-order valence-corrected chi connectivity index (χ1v) is 5.81. The number of hydrogen-bond acceptors (Lipinski definition) is 1. The molecule has 0 saturated heterocycles. The van der Waals surface area contributed by atoms with E-state index >= 15 is 0 Å². The highest BCUT2D eigenvalue weighted by atomic mass is 15.1. The maximum atomic E-state index is 8.90. The summed E-state index contributed by atoms with van der Waals surface area (Å²) in [5, 5.41) is 8.90. The summed E-state index contributed by atoms with van der Waals surface area (Å²) in [6.45, 7) is 0.774. The van der Waals surface area contributed by atoms with Crippen LogP contribution in [-0.4, -0.2) is 4.40 Å². The average Bonchev–Trinajstić information content (AvgIpc) is 2.83. The van der Waals surface area contributed by atoms with Gasteiger partial charge in [-0.1, -0.05) is 18.2 Å². The summed E-state index contributed by atoms with van der Waals surface area (Å²) in [5.74, 6) is 0. The first-order valence-electron chi connectivity index (χ1n) is 5.81. The molecule has 0 N–H and O–H groups in total. The van der Waals surface area contributed by atoms with Crippen LogP contribution in [0.1, 0.15) is 11.1 Å². The molecular weight excluding hydrogens is 222 g/mol. The van der Waals surface area contributed by atoms with Gasteiger partial charge in [-0.25, -0.2) is 8.97 Å². The Hall–Kier alpha value is -2.60. The molecule has 0 aliphatic rings. The predicted octanol–water partition coefficient (Wildman–Crippen LogP) is 2.15. The van der Waals surface area contributed by atoms with Crippen molar-refractivity contribution in [2.24, 2.45) is 0 Å². The molecule has 1 aromatic carbocycles. The van der Waals surface area contributed by atoms with E-state index in [1.165, 1.54) is 0 Å². The highest BCUT2D eigenvalue weighted by Crippen LogP contribution is 2.05. The third-order valence-electron chi connectivity index (χ3n) is 2.98. The normalized spacial score (nSPS) is 10.4. The van der Waals surface area contributed by atoms with E-state index in [2.05, 4.69) is 21.1 Å². The van der Waals surface area contributed by atoms with Gasteiger partial charge in [-0.05, 0) is 23.8 Å². The first-order chi connectivity index (χ1) is 8.86. The summed E-state index contributed by atoms with van der Waals surface area (Å²) in [7, 11) is 0. The van der Waals surface area contributed by atoms with Gasteiger partial charge < -0.3 is 0 Å². The predicted molar refractivity (Wildman–Crippen MR) is 67.9 cm³/mol. The molecule has 18 heavy (non-hydrogen) atoms. The van der Waals surface area contributed by atoms with Gasteiger partial charge in [0.05, 0.1) is 17.8 Å². The van der Waals surface area contributed by atoms with Crippen LogP contribution in [0.2, 0.25) is 0 Å². The Morgan fingerprint density at radius 2 is 2.06 bits per heavy atom. The fourth-order valence-corrected chi connectivity index (χ4v) is 2.11. The lowest BCUT2D eigenvalue weighted by Gasteiger charge is -1.99. The zero-order valence-electron chi connectivity index (χ0n) is 9.82. The number of imidazole rings is 1. The molecule has 0 atom stereocenters. The number of nitriles is 1. The van der Waals surface area contributed by atoms with E-state index in [0.29, 0.717) is 5.56 Å². The minimum atomic E-state index is 0.705. The largest absolute Gasteiger partial charge is 0.286 e. The number of fused-ring (bicyclic) bond motifs is 1. The standard InChI is InChI=1S/C15H12N3/c16-11-13-4-3-5-14(10-13)12-18-9-8-17-7-2-1-6-15(17)18/h1-10H,12H2/q+1. The summed E-state index contributed by atoms with van der Waals surface area (Å²) in [6.07, 6.45) is 6.11. The van der Waals surface area contributed by atoms with Gasteiger partial charge in [0.15, 0.2) is 0 Å². The lowest BCUT2D eigenvalue weighted by atomic mass is 10.1. The molecule has 0 spiro atoms. The van der Waals surface area contributed by atoms with Crippen LogP contribution < -0.4 is 4.57 Å². The average molecular weight is 234 g/mol. The van der Waals surface area contributed by atoms with Crippen molar-refractivity contribution in [2.75, 3.05) is 0 Å². The van der Waals surface area contributed by atoms with Gasteiger partial charge in [-0.2, -0.15) is 5.26 Å². The molecule has 0 radical (unpaired) electrons. The Balaban J connectivity index is 1.99. The lowest BCUT2D eigenvalue weighted by molar-refractivity contribution is -0.661. The molecule has 86 valence electrons. The van der Waals surface area contributed by atoms with E-state index in [1.807, 2.05) is 55.0 Å². The molecule has 3 nitrogen and oxygen atoms in total. The van der Waals surface area contributed by atoms with Crippen molar-refractivity contribution in [3.05, 3.63) is 72.2 Å². The minimum absolute atomic E-state index is 0.705. The van der Waals surface area contributed by atoms with E-state index in [-0.39, 0.29) is 0 Å². The van der Waals surface area contributed by atoms with Gasteiger partial charge in [-0.3, -0.25) is 0 Å². The molecule has 2 heterocycles. The fourth-order valence-electron chi connectivity index (χ4n) is 2.11. The third-order valence-corrected chi connectivity index (χ3v) is 2.98. The Morgan fingerprint density at radius 1 is 1.11 bits per heavy atom. The number of hydrogen-bond donors (Lipinski definition) is 0. The summed E-state index contributed by atoms with van der Waals surface area (Å²) in [6, 6.07) is 16.0. The van der Waals surface area contributed by atoms with Crippen LogP contribution in [0.3, 0.4) is 0 Å². The highest BCUT2D eigenvalue weighted by molar-refractivity contribution is 5.34. The lowest BCUT2D eigenvalue weighted by Crippen LogP contribution is -2.32.